The standard InChI is InChI=1S/C11H7F2NO4/c1-17-7-3-2-5(12)9(10(7)13)8-4-6(11(15)16)14-18-8/h2-4H,1H3,(H,15,16). The SMILES string of the molecule is COc1ccc(F)c(-c2cc(C(=O)O)no2)c1F. The Balaban J connectivity index is 2.58. The van der Waals surface area contributed by atoms with E-state index in [1.807, 2.05) is 0 Å². The van der Waals surface area contributed by atoms with Gasteiger partial charge in [-0.15, -0.1) is 0 Å². The van der Waals surface area contributed by atoms with Crippen molar-refractivity contribution in [3.63, 3.8) is 0 Å². The number of rotatable bonds is 3. The van der Waals surface area contributed by atoms with E-state index in [1.165, 1.54) is 7.11 Å². The molecule has 1 heterocycles. The summed E-state index contributed by atoms with van der Waals surface area (Å²) in [5.74, 6) is -3.73. The van der Waals surface area contributed by atoms with Crippen LogP contribution in [0, 0.1) is 11.6 Å². The maximum absolute atomic E-state index is 13.8. The van der Waals surface area contributed by atoms with Gasteiger partial charge >= 0.3 is 5.97 Å². The molecule has 0 aliphatic carbocycles. The number of carbonyl (C=O) groups is 1. The first-order valence-corrected chi connectivity index (χ1v) is 4.77. The number of hydrogen-bond donors (Lipinski definition) is 1. The number of carboxylic acid groups (broad SMARTS) is 1. The van der Waals surface area contributed by atoms with Crippen molar-refractivity contribution < 1.29 is 27.9 Å². The molecule has 0 bridgehead atoms. The first-order valence-electron chi connectivity index (χ1n) is 4.77. The highest BCUT2D eigenvalue weighted by atomic mass is 19.1. The predicted molar refractivity (Wildman–Crippen MR) is 55.4 cm³/mol. The molecule has 0 saturated heterocycles. The number of benzene rings is 1. The molecule has 0 fully saturated rings. The molecule has 5 nitrogen and oxygen atoms in total. The summed E-state index contributed by atoms with van der Waals surface area (Å²) in [4.78, 5) is 10.6. The number of halogens is 2. The van der Waals surface area contributed by atoms with Crippen LogP contribution in [0.3, 0.4) is 0 Å². The van der Waals surface area contributed by atoms with Gasteiger partial charge in [-0.1, -0.05) is 5.16 Å². The lowest BCUT2D eigenvalue weighted by Crippen LogP contribution is -1.95. The van der Waals surface area contributed by atoms with Gasteiger partial charge in [0.2, 0.25) is 0 Å². The fraction of sp³-hybridized carbons (Fsp3) is 0.0909. The van der Waals surface area contributed by atoms with Gasteiger partial charge in [-0.2, -0.15) is 0 Å². The van der Waals surface area contributed by atoms with E-state index in [2.05, 4.69) is 9.68 Å². The van der Waals surface area contributed by atoms with Crippen LogP contribution in [0.1, 0.15) is 10.5 Å². The van der Waals surface area contributed by atoms with Gasteiger partial charge in [-0.05, 0) is 12.1 Å². The van der Waals surface area contributed by atoms with Crippen LogP contribution < -0.4 is 4.74 Å². The van der Waals surface area contributed by atoms with E-state index in [-0.39, 0.29) is 11.5 Å². The normalized spacial score (nSPS) is 10.4. The summed E-state index contributed by atoms with van der Waals surface area (Å²) >= 11 is 0. The number of methoxy groups -OCH3 is 1. The van der Waals surface area contributed by atoms with Crippen LogP contribution >= 0.6 is 0 Å². The molecule has 0 aliphatic heterocycles. The van der Waals surface area contributed by atoms with Crippen molar-refractivity contribution in [2.45, 2.75) is 0 Å². The van der Waals surface area contributed by atoms with Crippen molar-refractivity contribution in [3.8, 4) is 17.1 Å². The van der Waals surface area contributed by atoms with E-state index in [0.717, 1.165) is 18.2 Å². The Morgan fingerprint density at radius 1 is 1.44 bits per heavy atom. The van der Waals surface area contributed by atoms with Crippen LogP contribution in [-0.2, 0) is 0 Å². The second kappa shape index (κ2) is 4.44. The van der Waals surface area contributed by atoms with Gasteiger partial charge in [0.1, 0.15) is 5.82 Å². The van der Waals surface area contributed by atoms with E-state index in [0.29, 0.717) is 0 Å². The van der Waals surface area contributed by atoms with Crippen LogP contribution in [0.4, 0.5) is 8.78 Å². The molecule has 0 radical (unpaired) electrons. The lowest BCUT2D eigenvalue weighted by Gasteiger charge is -2.05. The minimum absolute atomic E-state index is 0.181. The highest BCUT2D eigenvalue weighted by Gasteiger charge is 2.21. The Morgan fingerprint density at radius 3 is 2.72 bits per heavy atom. The van der Waals surface area contributed by atoms with Crippen molar-refractivity contribution in [3.05, 3.63) is 35.5 Å². The lowest BCUT2D eigenvalue weighted by atomic mass is 10.1. The Morgan fingerprint density at radius 2 is 2.17 bits per heavy atom. The second-order valence-corrected chi connectivity index (χ2v) is 3.32. The third-order valence-corrected chi connectivity index (χ3v) is 2.25. The smallest absolute Gasteiger partial charge is 0.358 e. The van der Waals surface area contributed by atoms with Crippen molar-refractivity contribution >= 4 is 5.97 Å². The third kappa shape index (κ3) is 1.90. The van der Waals surface area contributed by atoms with Crippen molar-refractivity contribution in [1.29, 1.82) is 0 Å². The van der Waals surface area contributed by atoms with Crippen LogP contribution in [0.25, 0.3) is 11.3 Å². The summed E-state index contributed by atoms with van der Waals surface area (Å²) in [6, 6.07) is 3.03. The fourth-order valence-corrected chi connectivity index (χ4v) is 1.41. The largest absolute Gasteiger partial charge is 0.494 e. The molecular formula is C11H7F2NO4. The number of ether oxygens (including phenoxy) is 1. The molecule has 18 heavy (non-hydrogen) atoms. The average Bonchev–Trinajstić information content (AvgIpc) is 2.79. The van der Waals surface area contributed by atoms with Gasteiger partial charge in [0.15, 0.2) is 23.0 Å². The first kappa shape index (κ1) is 12.0. The van der Waals surface area contributed by atoms with Crippen LogP contribution in [0.2, 0.25) is 0 Å². The van der Waals surface area contributed by atoms with Gasteiger partial charge in [-0.3, -0.25) is 0 Å². The average molecular weight is 255 g/mol. The summed E-state index contributed by atoms with van der Waals surface area (Å²) in [6.45, 7) is 0. The minimum Gasteiger partial charge on any atom is -0.494 e. The summed E-state index contributed by atoms with van der Waals surface area (Å²) in [5.41, 5.74) is -0.957. The molecule has 2 aromatic rings. The predicted octanol–water partition coefficient (Wildman–Crippen LogP) is 2.33. The van der Waals surface area contributed by atoms with E-state index in [4.69, 9.17) is 9.84 Å². The van der Waals surface area contributed by atoms with Gasteiger partial charge in [-0.25, -0.2) is 13.6 Å². The van der Waals surface area contributed by atoms with E-state index < -0.39 is 28.9 Å². The quantitative estimate of drug-likeness (QED) is 0.911. The molecule has 2 rings (SSSR count). The minimum atomic E-state index is -1.35. The lowest BCUT2D eigenvalue weighted by molar-refractivity contribution is 0.0686. The molecule has 0 atom stereocenters. The van der Waals surface area contributed by atoms with E-state index in [1.54, 1.807) is 0 Å². The Bertz CT molecular complexity index is 609. The molecular weight excluding hydrogens is 248 g/mol. The van der Waals surface area contributed by atoms with Crippen molar-refractivity contribution in [1.82, 2.24) is 5.16 Å². The molecule has 7 heteroatoms. The zero-order valence-electron chi connectivity index (χ0n) is 9.11. The maximum atomic E-state index is 13.8. The second-order valence-electron chi connectivity index (χ2n) is 3.32. The first-order chi connectivity index (χ1) is 8.54. The molecule has 0 amide bonds. The number of hydrogen-bond acceptors (Lipinski definition) is 4. The maximum Gasteiger partial charge on any atom is 0.358 e. The zero-order chi connectivity index (χ0) is 13.3. The number of nitrogens with zero attached hydrogens (tertiary/aromatic N) is 1. The fourth-order valence-electron chi connectivity index (χ4n) is 1.41. The summed E-state index contributed by atoms with van der Waals surface area (Å²) in [7, 11) is 1.23. The Hall–Kier alpha value is -2.44. The van der Waals surface area contributed by atoms with Crippen molar-refractivity contribution in [2.24, 2.45) is 0 Å². The van der Waals surface area contributed by atoms with E-state index >= 15 is 0 Å². The number of aromatic carboxylic acids is 1. The van der Waals surface area contributed by atoms with E-state index in [9.17, 15) is 13.6 Å². The topological polar surface area (TPSA) is 72.6 Å². The van der Waals surface area contributed by atoms with Crippen molar-refractivity contribution in [2.75, 3.05) is 7.11 Å². The van der Waals surface area contributed by atoms with Gasteiger partial charge in [0.25, 0.3) is 0 Å². The summed E-state index contributed by atoms with van der Waals surface area (Å²) in [6.07, 6.45) is 0. The Labute approximate surface area is 99.6 Å². The third-order valence-electron chi connectivity index (χ3n) is 2.25. The van der Waals surface area contributed by atoms with Gasteiger partial charge in [0, 0.05) is 6.07 Å². The van der Waals surface area contributed by atoms with Crippen LogP contribution in [0.5, 0.6) is 5.75 Å². The summed E-state index contributed by atoms with van der Waals surface area (Å²) < 4.78 is 36.7. The number of aromatic nitrogens is 1. The Kier molecular flexibility index (Phi) is 2.97. The molecule has 0 spiro atoms. The molecule has 1 aromatic carbocycles. The molecule has 0 aliphatic rings. The number of carboxylic acids is 1. The monoisotopic (exact) mass is 255 g/mol. The van der Waals surface area contributed by atoms with Gasteiger partial charge in [0.05, 0.1) is 12.7 Å². The van der Waals surface area contributed by atoms with Crippen LogP contribution in [0.15, 0.2) is 22.7 Å². The molecule has 1 aromatic heterocycles. The summed E-state index contributed by atoms with van der Waals surface area (Å²) in [5, 5.41) is 11.8. The highest BCUT2D eigenvalue weighted by Crippen LogP contribution is 2.32. The molecule has 0 unspecified atom stereocenters. The molecule has 94 valence electrons. The highest BCUT2D eigenvalue weighted by molar-refractivity contribution is 5.86. The molecule has 0 saturated carbocycles. The van der Waals surface area contributed by atoms with Gasteiger partial charge < -0.3 is 14.4 Å². The zero-order valence-corrected chi connectivity index (χ0v) is 9.11. The van der Waals surface area contributed by atoms with Crippen LogP contribution in [-0.4, -0.2) is 23.3 Å². The molecule has 1 N–H and O–H groups in total.